The molecule has 2 aromatic rings. The summed E-state index contributed by atoms with van der Waals surface area (Å²) in [4.78, 5) is 13.8. The third kappa shape index (κ3) is 4.69. The monoisotopic (exact) mass is 403 g/mol. The molecule has 0 radical (unpaired) electrons. The fourth-order valence-corrected chi connectivity index (χ4v) is 5.07. The summed E-state index contributed by atoms with van der Waals surface area (Å²) >= 11 is 6.05. The van der Waals surface area contributed by atoms with Crippen LogP contribution in [0.25, 0.3) is 11.0 Å². The molecule has 152 valence electrons. The van der Waals surface area contributed by atoms with Crippen molar-refractivity contribution < 1.29 is 9.32 Å². The average Bonchev–Trinajstić information content (AvgIpc) is 3.10. The second-order valence-corrected chi connectivity index (χ2v) is 8.97. The summed E-state index contributed by atoms with van der Waals surface area (Å²) < 4.78 is 5.50. The van der Waals surface area contributed by atoms with Gasteiger partial charge >= 0.3 is 0 Å². The Labute approximate surface area is 171 Å². The van der Waals surface area contributed by atoms with Crippen LogP contribution >= 0.6 is 11.6 Å². The van der Waals surface area contributed by atoms with Crippen LogP contribution in [0, 0.1) is 5.92 Å². The van der Waals surface area contributed by atoms with Crippen molar-refractivity contribution in [2.45, 2.75) is 63.8 Å². The zero-order valence-electron chi connectivity index (χ0n) is 16.6. The van der Waals surface area contributed by atoms with E-state index in [0.717, 1.165) is 61.4 Å². The summed E-state index contributed by atoms with van der Waals surface area (Å²) in [5, 5.41) is 9.22. The molecule has 28 heavy (non-hydrogen) atoms. The van der Waals surface area contributed by atoms with Crippen molar-refractivity contribution in [3.8, 4) is 0 Å². The Morgan fingerprint density at radius 3 is 2.68 bits per heavy atom. The molecule has 5 nitrogen and oxygen atoms in total. The first-order valence-electron chi connectivity index (χ1n) is 10.6. The maximum atomic E-state index is 11.2. The Bertz CT molecular complexity index is 805. The molecule has 1 aromatic heterocycles. The smallest absolute Gasteiger partial charge is 0.217 e. The van der Waals surface area contributed by atoms with E-state index in [0.29, 0.717) is 17.0 Å². The van der Waals surface area contributed by atoms with E-state index in [1.165, 1.54) is 25.8 Å². The van der Waals surface area contributed by atoms with Gasteiger partial charge in [0.25, 0.3) is 0 Å². The molecule has 2 fully saturated rings. The number of fused-ring (bicyclic) bond motifs is 1. The van der Waals surface area contributed by atoms with Crippen LogP contribution < -0.4 is 5.32 Å². The molecular weight excluding hydrogens is 374 g/mol. The number of halogens is 1. The number of likely N-dealkylation sites (tertiary alicyclic amines) is 1. The number of piperidine rings is 1. The molecule has 1 saturated carbocycles. The first-order chi connectivity index (χ1) is 13.6. The third-order valence-electron chi connectivity index (χ3n) is 6.54. The summed E-state index contributed by atoms with van der Waals surface area (Å²) in [6, 6.07) is 6.20. The summed E-state index contributed by atoms with van der Waals surface area (Å²) in [6.07, 6.45) is 8.32. The Balaban J connectivity index is 1.22. The van der Waals surface area contributed by atoms with Gasteiger partial charge in [0.2, 0.25) is 5.91 Å². The Kier molecular flexibility index (Phi) is 6.22. The molecule has 1 aromatic carbocycles. The predicted octanol–water partition coefficient (Wildman–Crippen LogP) is 4.75. The minimum Gasteiger partial charge on any atom is -0.356 e. The van der Waals surface area contributed by atoms with Crippen molar-refractivity contribution in [1.82, 2.24) is 15.4 Å². The maximum Gasteiger partial charge on any atom is 0.217 e. The van der Waals surface area contributed by atoms with Gasteiger partial charge in [-0.3, -0.25) is 4.79 Å². The Morgan fingerprint density at radius 1 is 1.21 bits per heavy atom. The van der Waals surface area contributed by atoms with Gasteiger partial charge in [-0.2, -0.15) is 0 Å². The van der Waals surface area contributed by atoms with E-state index in [4.69, 9.17) is 16.1 Å². The third-order valence-corrected chi connectivity index (χ3v) is 6.78. The zero-order valence-corrected chi connectivity index (χ0v) is 17.4. The fraction of sp³-hybridized carbons (Fsp3) is 0.636. The van der Waals surface area contributed by atoms with Gasteiger partial charge in [-0.25, -0.2) is 0 Å². The first-order valence-corrected chi connectivity index (χ1v) is 11.0. The quantitative estimate of drug-likeness (QED) is 0.782. The van der Waals surface area contributed by atoms with Crippen molar-refractivity contribution in [3.63, 3.8) is 0 Å². The Hall–Kier alpha value is -1.59. The van der Waals surface area contributed by atoms with E-state index in [1.807, 2.05) is 18.2 Å². The van der Waals surface area contributed by atoms with E-state index < -0.39 is 0 Å². The van der Waals surface area contributed by atoms with Crippen LogP contribution in [-0.2, 0) is 4.79 Å². The van der Waals surface area contributed by atoms with E-state index in [1.54, 1.807) is 6.92 Å². The lowest BCUT2D eigenvalue weighted by Crippen LogP contribution is -2.37. The van der Waals surface area contributed by atoms with E-state index in [9.17, 15) is 4.79 Å². The molecule has 4 rings (SSSR count). The number of benzene rings is 1. The van der Waals surface area contributed by atoms with E-state index >= 15 is 0 Å². The van der Waals surface area contributed by atoms with Gasteiger partial charge in [0.15, 0.2) is 5.58 Å². The highest BCUT2D eigenvalue weighted by Crippen LogP contribution is 2.34. The SMILES string of the molecule is CC(=O)N[C@H]1CC[C@H](CCN2CCC(c3noc4cc(Cl)ccc34)CC2)CC1. The van der Waals surface area contributed by atoms with Crippen molar-refractivity contribution in [1.29, 1.82) is 0 Å². The zero-order chi connectivity index (χ0) is 19.5. The summed E-state index contributed by atoms with van der Waals surface area (Å²) in [5.74, 6) is 1.40. The number of rotatable bonds is 5. The lowest BCUT2D eigenvalue weighted by Gasteiger charge is -2.34. The summed E-state index contributed by atoms with van der Waals surface area (Å²) in [6.45, 7) is 5.08. The van der Waals surface area contributed by atoms with Gasteiger partial charge in [-0.1, -0.05) is 16.8 Å². The van der Waals surface area contributed by atoms with Crippen LogP contribution in [0.2, 0.25) is 5.02 Å². The number of hydrogen-bond donors (Lipinski definition) is 1. The summed E-state index contributed by atoms with van der Waals surface area (Å²) in [5.41, 5.74) is 1.89. The van der Waals surface area contributed by atoms with Crippen molar-refractivity contribution in [2.75, 3.05) is 19.6 Å². The van der Waals surface area contributed by atoms with Crippen LogP contribution in [0.5, 0.6) is 0 Å². The molecular formula is C22H30ClN3O2. The lowest BCUT2D eigenvalue weighted by molar-refractivity contribution is -0.119. The van der Waals surface area contributed by atoms with Crippen LogP contribution in [0.15, 0.2) is 22.7 Å². The van der Waals surface area contributed by atoms with Gasteiger partial charge in [-0.15, -0.1) is 0 Å². The molecule has 1 saturated heterocycles. The van der Waals surface area contributed by atoms with Gasteiger partial charge in [0, 0.05) is 35.4 Å². The molecule has 1 aliphatic heterocycles. The molecule has 1 amide bonds. The van der Waals surface area contributed by atoms with Crippen LogP contribution in [-0.4, -0.2) is 41.6 Å². The molecule has 2 aliphatic rings. The highest BCUT2D eigenvalue weighted by atomic mass is 35.5. The van der Waals surface area contributed by atoms with Gasteiger partial charge in [0.05, 0.1) is 5.69 Å². The predicted molar refractivity (Wildman–Crippen MR) is 112 cm³/mol. The standard InChI is InChI=1S/C22H30ClN3O2/c1-15(27)24-19-5-2-16(3-6-19)8-11-26-12-9-17(10-13-26)22-20-7-4-18(23)14-21(20)28-25-22/h4,7,14,16-17,19H,2-3,5-6,8-13H2,1H3,(H,24,27)/t16-,19-. The largest absolute Gasteiger partial charge is 0.356 e. The molecule has 0 bridgehead atoms. The molecule has 1 aliphatic carbocycles. The summed E-state index contributed by atoms with van der Waals surface area (Å²) in [7, 11) is 0. The van der Waals surface area contributed by atoms with Crippen LogP contribution in [0.4, 0.5) is 0 Å². The average molecular weight is 404 g/mol. The molecule has 0 spiro atoms. The van der Waals surface area contributed by atoms with Crippen molar-refractivity contribution in [2.24, 2.45) is 5.92 Å². The van der Waals surface area contributed by atoms with Gasteiger partial charge in [-0.05, 0) is 82.6 Å². The van der Waals surface area contributed by atoms with E-state index in [2.05, 4.69) is 15.4 Å². The first kappa shape index (κ1) is 19.7. The molecule has 2 heterocycles. The number of aromatic nitrogens is 1. The van der Waals surface area contributed by atoms with E-state index in [-0.39, 0.29) is 5.91 Å². The second kappa shape index (κ2) is 8.83. The number of amides is 1. The lowest BCUT2D eigenvalue weighted by atomic mass is 9.83. The normalized spacial score (nSPS) is 24.5. The molecule has 6 heteroatoms. The van der Waals surface area contributed by atoms with Crippen molar-refractivity contribution >= 4 is 28.5 Å². The number of carbonyl (C=O) groups is 1. The van der Waals surface area contributed by atoms with Gasteiger partial charge < -0.3 is 14.7 Å². The number of hydrogen-bond acceptors (Lipinski definition) is 4. The Morgan fingerprint density at radius 2 is 1.96 bits per heavy atom. The molecule has 0 unspecified atom stereocenters. The molecule has 1 N–H and O–H groups in total. The minimum absolute atomic E-state index is 0.106. The number of carbonyl (C=O) groups excluding carboxylic acids is 1. The number of nitrogens with zero attached hydrogens (tertiary/aromatic N) is 2. The topological polar surface area (TPSA) is 58.4 Å². The molecule has 0 atom stereocenters. The number of nitrogens with one attached hydrogen (secondary N) is 1. The fourth-order valence-electron chi connectivity index (χ4n) is 4.90. The highest BCUT2D eigenvalue weighted by Gasteiger charge is 2.26. The highest BCUT2D eigenvalue weighted by molar-refractivity contribution is 6.31. The maximum absolute atomic E-state index is 11.2. The van der Waals surface area contributed by atoms with Crippen molar-refractivity contribution in [3.05, 3.63) is 28.9 Å². The van der Waals surface area contributed by atoms with Gasteiger partial charge in [0.1, 0.15) is 0 Å². The van der Waals surface area contributed by atoms with Crippen LogP contribution in [0.3, 0.4) is 0 Å². The van der Waals surface area contributed by atoms with Crippen LogP contribution in [0.1, 0.15) is 63.5 Å². The second-order valence-electron chi connectivity index (χ2n) is 8.53. The minimum atomic E-state index is 0.106.